The number of hydrazone groups is 1. The van der Waals surface area contributed by atoms with Crippen LogP contribution in [0.5, 0.6) is 5.75 Å². The highest BCUT2D eigenvalue weighted by Gasteiger charge is 2.36. The molecule has 2 aromatic heterocycles. The average Bonchev–Trinajstić information content (AvgIpc) is 3.53. The maximum Gasteiger partial charge on any atom is 0.342 e. The Balaban J connectivity index is 1.49. The molecule has 154 valence electrons. The molecule has 0 N–H and O–H groups in total. The standard InChI is InChI=1S/C22H20N2O6/c1-2-27-18-8-4-3-7-15(18)22(26)30-14-21(25)24-17(20-10-6-12-29-20)13-16(23-24)19-9-5-11-28-19/h3-12,17H,2,13-14H2,1H3. The first-order valence-electron chi connectivity index (χ1n) is 9.53. The lowest BCUT2D eigenvalue weighted by atomic mass is 10.1. The normalized spacial score (nSPS) is 15.7. The topological polar surface area (TPSA) is 94.5 Å². The summed E-state index contributed by atoms with van der Waals surface area (Å²) in [5, 5.41) is 5.67. The summed E-state index contributed by atoms with van der Waals surface area (Å²) in [5.41, 5.74) is 0.874. The molecule has 0 radical (unpaired) electrons. The highest BCUT2D eigenvalue weighted by molar-refractivity contribution is 6.01. The monoisotopic (exact) mass is 408 g/mol. The SMILES string of the molecule is CCOc1ccccc1C(=O)OCC(=O)N1N=C(c2ccco2)CC1c1ccco1. The Hall–Kier alpha value is -3.81. The first kappa shape index (κ1) is 19.5. The smallest absolute Gasteiger partial charge is 0.342 e. The molecule has 1 aromatic carbocycles. The third-order valence-electron chi connectivity index (χ3n) is 4.58. The third-order valence-corrected chi connectivity index (χ3v) is 4.58. The fraction of sp³-hybridized carbons (Fsp3) is 0.227. The Morgan fingerprint density at radius 2 is 1.90 bits per heavy atom. The number of nitrogens with zero attached hydrogens (tertiary/aromatic N) is 2. The lowest BCUT2D eigenvalue weighted by Crippen LogP contribution is -2.31. The van der Waals surface area contributed by atoms with Crippen molar-refractivity contribution in [1.29, 1.82) is 0 Å². The minimum absolute atomic E-state index is 0.260. The van der Waals surface area contributed by atoms with Gasteiger partial charge in [0, 0.05) is 6.42 Å². The zero-order chi connectivity index (χ0) is 20.9. The highest BCUT2D eigenvalue weighted by atomic mass is 16.5. The molecule has 0 fully saturated rings. The molecule has 1 atom stereocenters. The van der Waals surface area contributed by atoms with E-state index in [4.69, 9.17) is 18.3 Å². The summed E-state index contributed by atoms with van der Waals surface area (Å²) >= 11 is 0. The van der Waals surface area contributed by atoms with Gasteiger partial charge < -0.3 is 18.3 Å². The Morgan fingerprint density at radius 3 is 2.63 bits per heavy atom. The van der Waals surface area contributed by atoms with Crippen LogP contribution in [0.2, 0.25) is 0 Å². The van der Waals surface area contributed by atoms with Crippen LogP contribution in [-0.4, -0.2) is 35.8 Å². The molecule has 0 saturated heterocycles. The molecule has 8 heteroatoms. The number of hydrogen-bond donors (Lipinski definition) is 0. The minimum atomic E-state index is -0.642. The van der Waals surface area contributed by atoms with Gasteiger partial charge in [-0.05, 0) is 43.3 Å². The molecule has 3 aromatic rings. The number of hydrogen-bond acceptors (Lipinski definition) is 7. The summed E-state index contributed by atoms with van der Waals surface area (Å²) in [6.07, 6.45) is 3.50. The van der Waals surface area contributed by atoms with Crippen molar-refractivity contribution in [3.05, 3.63) is 78.1 Å². The number of benzene rings is 1. The first-order valence-corrected chi connectivity index (χ1v) is 9.53. The fourth-order valence-electron chi connectivity index (χ4n) is 3.22. The number of esters is 1. The molecular formula is C22H20N2O6. The van der Waals surface area contributed by atoms with Gasteiger partial charge in [0.2, 0.25) is 0 Å². The van der Waals surface area contributed by atoms with E-state index < -0.39 is 24.5 Å². The number of ether oxygens (including phenoxy) is 2. The van der Waals surface area contributed by atoms with Crippen molar-refractivity contribution in [3.63, 3.8) is 0 Å². The summed E-state index contributed by atoms with van der Waals surface area (Å²) in [7, 11) is 0. The molecule has 0 bridgehead atoms. The van der Waals surface area contributed by atoms with Gasteiger partial charge >= 0.3 is 5.97 Å². The van der Waals surface area contributed by atoms with Crippen molar-refractivity contribution >= 4 is 17.6 Å². The highest BCUT2D eigenvalue weighted by Crippen LogP contribution is 2.33. The third kappa shape index (κ3) is 3.98. The van der Waals surface area contributed by atoms with E-state index in [1.807, 2.05) is 6.92 Å². The zero-order valence-electron chi connectivity index (χ0n) is 16.3. The van der Waals surface area contributed by atoms with E-state index in [0.29, 0.717) is 36.0 Å². The second kappa shape index (κ2) is 8.69. The predicted octanol–water partition coefficient (Wildman–Crippen LogP) is 3.81. The molecule has 8 nitrogen and oxygen atoms in total. The Bertz CT molecular complexity index is 1040. The molecule has 3 heterocycles. The fourth-order valence-corrected chi connectivity index (χ4v) is 3.22. The van der Waals surface area contributed by atoms with Crippen LogP contribution in [-0.2, 0) is 9.53 Å². The summed E-state index contributed by atoms with van der Waals surface area (Å²) < 4.78 is 21.6. The minimum Gasteiger partial charge on any atom is -0.493 e. The van der Waals surface area contributed by atoms with E-state index in [1.165, 1.54) is 11.3 Å². The number of amides is 1. The number of rotatable bonds is 7. The van der Waals surface area contributed by atoms with Gasteiger partial charge in [-0.1, -0.05) is 12.1 Å². The molecule has 4 rings (SSSR count). The van der Waals surface area contributed by atoms with Crippen molar-refractivity contribution in [3.8, 4) is 5.75 Å². The molecule has 0 saturated carbocycles. The van der Waals surface area contributed by atoms with Crippen LogP contribution < -0.4 is 4.74 Å². The largest absolute Gasteiger partial charge is 0.493 e. The van der Waals surface area contributed by atoms with Gasteiger partial charge in [-0.25, -0.2) is 9.80 Å². The molecule has 0 aliphatic carbocycles. The summed E-state index contributed by atoms with van der Waals surface area (Å²) in [6.45, 7) is 1.76. The molecule has 1 amide bonds. The van der Waals surface area contributed by atoms with Crippen molar-refractivity contribution in [2.24, 2.45) is 5.10 Å². The predicted molar refractivity (Wildman–Crippen MR) is 106 cm³/mol. The Labute approximate surface area is 172 Å². The first-order chi connectivity index (χ1) is 14.7. The molecule has 1 unspecified atom stereocenters. The quantitative estimate of drug-likeness (QED) is 0.552. The van der Waals surface area contributed by atoms with E-state index in [1.54, 1.807) is 54.8 Å². The lowest BCUT2D eigenvalue weighted by molar-refractivity contribution is -0.136. The van der Waals surface area contributed by atoms with Gasteiger partial charge in [0.1, 0.15) is 34.6 Å². The van der Waals surface area contributed by atoms with Crippen LogP contribution in [0.1, 0.15) is 41.3 Å². The molecule has 30 heavy (non-hydrogen) atoms. The average molecular weight is 408 g/mol. The maximum absolute atomic E-state index is 12.9. The zero-order valence-corrected chi connectivity index (χ0v) is 16.3. The van der Waals surface area contributed by atoms with Gasteiger partial charge in [0.15, 0.2) is 6.61 Å². The number of carbonyl (C=O) groups is 2. The molecule has 1 aliphatic heterocycles. The second-order valence-corrected chi connectivity index (χ2v) is 6.50. The van der Waals surface area contributed by atoms with Gasteiger partial charge in [-0.3, -0.25) is 4.79 Å². The Morgan fingerprint density at radius 1 is 1.10 bits per heavy atom. The van der Waals surface area contributed by atoms with Gasteiger partial charge in [0.25, 0.3) is 5.91 Å². The number of furan rings is 2. The summed E-state index contributed by atoms with van der Waals surface area (Å²) in [4.78, 5) is 25.3. The molecule has 0 spiro atoms. The van der Waals surface area contributed by atoms with Crippen LogP contribution in [0.25, 0.3) is 0 Å². The van der Waals surface area contributed by atoms with Crippen molar-refractivity contribution in [2.75, 3.05) is 13.2 Å². The van der Waals surface area contributed by atoms with Crippen LogP contribution in [0.3, 0.4) is 0 Å². The van der Waals surface area contributed by atoms with Crippen LogP contribution >= 0.6 is 0 Å². The van der Waals surface area contributed by atoms with E-state index >= 15 is 0 Å². The lowest BCUT2D eigenvalue weighted by Gasteiger charge is -2.19. The van der Waals surface area contributed by atoms with Crippen LogP contribution in [0, 0.1) is 0 Å². The summed E-state index contributed by atoms with van der Waals surface area (Å²) in [6, 6.07) is 13.3. The van der Waals surface area contributed by atoms with E-state index in [-0.39, 0.29) is 5.56 Å². The summed E-state index contributed by atoms with van der Waals surface area (Å²) in [5.74, 6) is 0.452. The second-order valence-electron chi connectivity index (χ2n) is 6.50. The van der Waals surface area contributed by atoms with E-state index in [0.717, 1.165) is 0 Å². The van der Waals surface area contributed by atoms with Crippen LogP contribution in [0.4, 0.5) is 0 Å². The van der Waals surface area contributed by atoms with Gasteiger partial charge in [0.05, 0.1) is 19.1 Å². The maximum atomic E-state index is 12.9. The van der Waals surface area contributed by atoms with Crippen LogP contribution in [0.15, 0.2) is 75.0 Å². The van der Waals surface area contributed by atoms with Crippen molar-refractivity contribution in [2.45, 2.75) is 19.4 Å². The van der Waals surface area contributed by atoms with E-state index in [2.05, 4.69) is 5.10 Å². The van der Waals surface area contributed by atoms with Gasteiger partial charge in [-0.2, -0.15) is 5.10 Å². The van der Waals surface area contributed by atoms with E-state index in [9.17, 15) is 9.59 Å². The van der Waals surface area contributed by atoms with Crippen molar-refractivity contribution in [1.82, 2.24) is 5.01 Å². The number of para-hydroxylation sites is 1. The molecular weight excluding hydrogens is 388 g/mol. The number of carbonyl (C=O) groups excluding carboxylic acids is 2. The van der Waals surface area contributed by atoms with Gasteiger partial charge in [-0.15, -0.1) is 0 Å². The Kier molecular flexibility index (Phi) is 5.65. The molecule has 1 aliphatic rings. The van der Waals surface area contributed by atoms with Crippen molar-refractivity contribution < 1.29 is 27.9 Å².